The zero-order valence-electron chi connectivity index (χ0n) is 13.4. The molecule has 2 aromatic rings. The number of H-pyrrole nitrogens is 1. The average molecular weight is 312 g/mol. The number of benzene rings is 1. The van der Waals surface area contributed by atoms with Crippen LogP contribution in [0, 0.1) is 0 Å². The van der Waals surface area contributed by atoms with E-state index in [2.05, 4.69) is 15.1 Å². The summed E-state index contributed by atoms with van der Waals surface area (Å²) in [6.45, 7) is 2.23. The standard InChI is InChI=1S/C18H24N4O/c23-18-20-19-17(22(18)16-10-2-1-3-11-16)14-7-6-12-21(13-14)15-8-4-5-9-15/h1-3,10-11,14-15H,4-9,12-13H2,(H,20,23)/t14-/m0/s1. The Kier molecular flexibility index (Phi) is 4.04. The van der Waals surface area contributed by atoms with E-state index in [4.69, 9.17) is 0 Å². The van der Waals surface area contributed by atoms with Gasteiger partial charge in [-0.25, -0.2) is 14.5 Å². The molecule has 1 saturated heterocycles. The van der Waals surface area contributed by atoms with Crippen LogP contribution in [0.5, 0.6) is 0 Å². The molecule has 1 aliphatic carbocycles. The van der Waals surface area contributed by atoms with Crippen molar-refractivity contribution >= 4 is 0 Å². The molecule has 23 heavy (non-hydrogen) atoms. The first-order chi connectivity index (χ1) is 11.3. The van der Waals surface area contributed by atoms with Gasteiger partial charge in [0.05, 0.1) is 5.69 Å². The van der Waals surface area contributed by atoms with Crippen molar-refractivity contribution < 1.29 is 0 Å². The quantitative estimate of drug-likeness (QED) is 0.948. The summed E-state index contributed by atoms with van der Waals surface area (Å²) in [4.78, 5) is 14.9. The van der Waals surface area contributed by atoms with Gasteiger partial charge in [0, 0.05) is 18.5 Å². The molecular formula is C18H24N4O. The molecule has 0 bridgehead atoms. The number of aromatic nitrogens is 3. The third-order valence-corrected chi connectivity index (χ3v) is 5.37. The lowest BCUT2D eigenvalue weighted by Crippen LogP contribution is -2.41. The van der Waals surface area contributed by atoms with Crippen molar-refractivity contribution in [1.82, 2.24) is 19.7 Å². The second kappa shape index (κ2) is 6.32. The molecule has 1 aromatic carbocycles. The SMILES string of the molecule is O=c1[nH]nc([C@H]2CCCN(C3CCCC3)C2)n1-c1ccccc1. The minimum atomic E-state index is -0.135. The Hall–Kier alpha value is -1.88. The first kappa shape index (κ1) is 14.7. The summed E-state index contributed by atoms with van der Waals surface area (Å²) in [7, 11) is 0. The van der Waals surface area contributed by atoms with Gasteiger partial charge >= 0.3 is 5.69 Å². The number of piperidine rings is 1. The van der Waals surface area contributed by atoms with Gasteiger partial charge in [-0.1, -0.05) is 31.0 Å². The maximum atomic E-state index is 12.3. The number of para-hydroxylation sites is 1. The van der Waals surface area contributed by atoms with E-state index in [0.29, 0.717) is 5.92 Å². The lowest BCUT2D eigenvalue weighted by Gasteiger charge is -2.36. The molecular weight excluding hydrogens is 288 g/mol. The van der Waals surface area contributed by atoms with Crippen LogP contribution in [0.15, 0.2) is 35.1 Å². The monoisotopic (exact) mass is 312 g/mol. The Morgan fingerprint density at radius 1 is 1.04 bits per heavy atom. The average Bonchev–Trinajstić information content (AvgIpc) is 3.25. The first-order valence-electron chi connectivity index (χ1n) is 8.80. The molecule has 0 amide bonds. The van der Waals surface area contributed by atoms with Crippen LogP contribution in [0.2, 0.25) is 0 Å². The predicted molar refractivity (Wildman–Crippen MR) is 90.0 cm³/mol. The Morgan fingerprint density at radius 2 is 1.83 bits per heavy atom. The molecule has 2 heterocycles. The summed E-state index contributed by atoms with van der Waals surface area (Å²) in [5, 5.41) is 7.03. The van der Waals surface area contributed by atoms with Gasteiger partial charge in [-0.15, -0.1) is 0 Å². The summed E-state index contributed by atoms with van der Waals surface area (Å²) in [5.41, 5.74) is 0.767. The van der Waals surface area contributed by atoms with Crippen molar-refractivity contribution in [2.75, 3.05) is 13.1 Å². The van der Waals surface area contributed by atoms with Crippen molar-refractivity contribution in [3.05, 3.63) is 46.6 Å². The number of likely N-dealkylation sites (tertiary alicyclic amines) is 1. The fraction of sp³-hybridized carbons (Fsp3) is 0.556. The minimum absolute atomic E-state index is 0.135. The highest BCUT2D eigenvalue weighted by Gasteiger charge is 2.31. The van der Waals surface area contributed by atoms with E-state index in [1.807, 2.05) is 30.3 Å². The molecule has 0 unspecified atom stereocenters. The van der Waals surface area contributed by atoms with Gasteiger partial charge in [0.1, 0.15) is 5.82 Å². The summed E-state index contributed by atoms with van der Waals surface area (Å²) in [6, 6.07) is 10.6. The van der Waals surface area contributed by atoms with Crippen LogP contribution < -0.4 is 5.69 Å². The predicted octanol–water partition coefficient (Wildman–Crippen LogP) is 2.68. The maximum absolute atomic E-state index is 12.3. The zero-order chi connectivity index (χ0) is 15.6. The molecule has 122 valence electrons. The third kappa shape index (κ3) is 2.85. The van der Waals surface area contributed by atoms with Crippen LogP contribution in [-0.4, -0.2) is 38.8 Å². The summed E-state index contributed by atoms with van der Waals surface area (Å²) in [5.74, 6) is 1.23. The molecule has 5 nitrogen and oxygen atoms in total. The summed E-state index contributed by atoms with van der Waals surface area (Å²) >= 11 is 0. The van der Waals surface area contributed by atoms with Gasteiger partial charge < -0.3 is 0 Å². The summed E-state index contributed by atoms with van der Waals surface area (Å²) < 4.78 is 1.75. The third-order valence-electron chi connectivity index (χ3n) is 5.37. The minimum Gasteiger partial charge on any atom is -0.300 e. The smallest absolute Gasteiger partial charge is 0.300 e. The number of nitrogens with zero attached hydrogens (tertiary/aromatic N) is 3. The molecule has 1 atom stereocenters. The molecule has 1 N–H and O–H groups in total. The maximum Gasteiger partial charge on any atom is 0.347 e. The lowest BCUT2D eigenvalue weighted by molar-refractivity contribution is 0.147. The second-order valence-electron chi connectivity index (χ2n) is 6.83. The lowest BCUT2D eigenvalue weighted by atomic mass is 9.95. The van der Waals surface area contributed by atoms with Crippen LogP contribution in [-0.2, 0) is 0 Å². The molecule has 0 spiro atoms. The van der Waals surface area contributed by atoms with Crippen molar-refractivity contribution in [3.8, 4) is 5.69 Å². The second-order valence-corrected chi connectivity index (χ2v) is 6.83. The Bertz CT molecular complexity index is 699. The number of rotatable bonds is 3. The van der Waals surface area contributed by atoms with Crippen molar-refractivity contribution in [3.63, 3.8) is 0 Å². The topological polar surface area (TPSA) is 53.9 Å². The van der Waals surface area contributed by atoms with E-state index in [1.54, 1.807) is 4.57 Å². The van der Waals surface area contributed by atoms with Gasteiger partial charge in [0.25, 0.3) is 0 Å². The van der Waals surface area contributed by atoms with E-state index < -0.39 is 0 Å². The largest absolute Gasteiger partial charge is 0.347 e. The highest BCUT2D eigenvalue weighted by molar-refractivity contribution is 5.32. The van der Waals surface area contributed by atoms with E-state index in [9.17, 15) is 4.79 Å². The molecule has 2 aliphatic rings. The molecule has 1 aromatic heterocycles. The number of nitrogens with one attached hydrogen (secondary N) is 1. The Balaban J connectivity index is 1.62. The fourth-order valence-corrected chi connectivity index (χ4v) is 4.23. The van der Waals surface area contributed by atoms with Gasteiger partial charge in [0.2, 0.25) is 0 Å². The molecule has 4 rings (SSSR count). The molecule has 0 radical (unpaired) electrons. The molecule has 1 saturated carbocycles. The van der Waals surface area contributed by atoms with E-state index >= 15 is 0 Å². The first-order valence-corrected chi connectivity index (χ1v) is 8.80. The number of hydrogen-bond acceptors (Lipinski definition) is 3. The molecule has 1 aliphatic heterocycles. The van der Waals surface area contributed by atoms with Crippen LogP contribution in [0.1, 0.15) is 50.3 Å². The van der Waals surface area contributed by atoms with E-state index in [-0.39, 0.29) is 5.69 Å². The van der Waals surface area contributed by atoms with Crippen molar-refractivity contribution in [2.24, 2.45) is 0 Å². The van der Waals surface area contributed by atoms with Gasteiger partial charge in [-0.05, 0) is 44.4 Å². The van der Waals surface area contributed by atoms with Gasteiger partial charge in [0.15, 0.2) is 0 Å². The van der Waals surface area contributed by atoms with Gasteiger partial charge in [-0.2, -0.15) is 5.10 Å². The fourth-order valence-electron chi connectivity index (χ4n) is 4.23. The normalized spacial score (nSPS) is 23.4. The number of hydrogen-bond donors (Lipinski definition) is 1. The summed E-state index contributed by atoms with van der Waals surface area (Å²) in [6.07, 6.45) is 7.70. The highest BCUT2D eigenvalue weighted by Crippen LogP contribution is 2.31. The zero-order valence-corrected chi connectivity index (χ0v) is 13.4. The molecule has 2 fully saturated rings. The Morgan fingerprint density at radius 3 is 2.61 bits per heavy atom. The Labute approximate surface area is 136 Å². The van der Waals surface area contributed by atoms with E-state index in [1.165, 1.54) is 38.6 Å². The van der Waals surface area contributed by atoms with Crippen LogP contribution in [0.25, 0.3) is 5.69 Å². The van der Waals surface area contributed by atoms with Crippen LogP contribution >= 0.6 is 0 Å². The molecule has 5 heteroatoms. The van der Waals surface area contributed by atoms with Crippen molar-refractivity contribution in [2.45, 2.75) is 50.5 Å². The van der Waals surface area contributed by atoms with Crippen molar-refractivity contribution in [1.29, 1.82) is 0 Å². The number of aromatic amines is 1. The van der Waals surface area contributed by atoms with E-state index in [0.717, 1.165) is 30.5 Å². The van der Waals surface area contributed by atoms with Gasteiger partial charge in [-0.3, -0.25) is 4.90 Å². The highest BCUT2D eigenvalue weighted by atomic mass is 16.1. The van der Waals surface area contributed by atoms with Crippen LogP contribution in [0.4, 0.5) is 0 Å². The van der Waals surface area contributed by atoms with Crippen LogP contribution in [0.3, 0.4) is 0 Å².